The molecule has 5 nitrogen and oxygen atoms in total. The van der Waals surface area contributed by atoms with Gasteiger partial charge in [0, 0.05) is 6.42 Å². The van der Waals surface area contributed by atoms with Gasteiger partial charge in [-0.25, -0.2) is 0 Å². The van der Waals surface area contributed by atoms with Gasteiger partial charge in [0.15, 0.2) is 5.82 Å². The van der Waals surface area contributed by atoms with Gasteiger partial charge in [-0.2, -0.15) is 9.61 Å². The minimum Gasteiger partial charge on any atom is -0.469 e. The highest BCUT2D eigenvalue weighted by atomic mass is 32.1. The third-order valence-corrected chi connectivity index (χ3v) is 4.96. The molecule has 0 unspecified atom stereocenters. The first-order chi connectivity index (χ1) is 11.1. The van der Waals surface area contributed by atoms with Crippen molar-refractivity contribution in [3.8, 4) is 11.4 Å². The van der Waals surface area contributed by atoms with Crippen LogP contribution in [-0.4, -0.2) is 19.8 Å². The molecule has 6 heteroatoms. The first kappa shape index (κ1) is 14.1. The van der Waals surface area contributed by atoms with Crippen LogP contribution in [0.4, 0.5) is 0 Å². The number of nitrogens with zero attached hydrogens (tertiary/aromatic N) is 4. The molecule has 0 fully saturated rings. The van der Waals surface area contributed by atoms with E-state index in [1.54, 1.807) is 22.1 Å². The standard InChI is InChI=1S/C17H16N4OS/c1-10-4-5-13(8-11(10)2)9-15-20-21-16(18-19-17(21)23-15)14-6-7-22-12(14)3/h4-8H,9H2,1-3H3. The van der Waals surface area contributed by atoms with E-state index in [2.05, 4.69) is 47.3 Å². The zero-order chi connectivity index (χ0) is 16.0. The van der Waals surface area contributed by atoms with Crippen LogP contribution in [0.2, 0.25) is 0 Å². The fourth-order valence-electron chi connectivity index (χ4n) is 2.60. The van der Waals surface area contributed by atoms with Crippen LogP contribution in [0.15, 0.2) is 34.9 Å². The molecule has 0 atom stereocenters. The number of hydrogen-bond acceptors (Lipinski definition) is 5. The molecule has 0 saturated carbocycles. The van der Waals surface area contributed by atoms with E-state index in [-0.39, 0.29) is 0 Å². The summed E-state index contributed by atoms with van der Waals surface area (Å²) >= 11 is 1.57. The molecule has 0 bridgehead atoms. The van der Waals surface area contributed by atoms with Gasteiger partial charge in [0.2, 0.25) is 4.96 Å². The molecule has 4 rings (SSSR count). The number of furan rings is 1. The average Bonchev–Trinajstić information content (AvgIpc) is 3.19. The van der Waals surface area contributed by atoms with Crippen molar-refractivity contribution in [2.75, 3.05) is 0 Å². The van der Waals surface area contributed by atoms with Crippen LogP contribution < -0.4 is 0 Å². The van der Waals surface area contributed by atoms with Crippen LogP contribution in [0, 0.1) is 20.8 Å². The fourth-order valence-corrected chi connectivity index (χ4v) is 3.47. The molecule has 116 valence electrons. The summed E-state index contributed by atoms with van der Waals surface area (Å²) in [4.78, 5) is 0.805. The van der Waals surface area contributed by atoms with Gasteiger partial charge in [-0.15, -0.1) is 10.2 Å². The highest BCUT2D eigenvalue weighted by Crippen LogP contribution is 2.26. The molecule has 1 aromatic carbocycles. The molecule has 3 aromatic heterocycles. The summed E-state index contributed by atoms with van der Waals surface area (Å²) in [5, 5.41) is 14.2. The normalized spacial score (nSPS) is 11.4. The zero-order valence-corrected chi connectivity index (χ0v) is 14.0. The van der Waals surface area contributed by atoms with Crippen molar-refractivity contribution in [1.29, 1.82) is 0 Å². The first-order valence-corrected chi connectivity index (χ1v) is 8.25. The predicted octanol–water partition coefficient (Wildman–Crippen LogP) is 3.96. The molecule has 23 heavy (non-hydrogen) atoms. The van der Waals surface area contributed by atoms with Crippen molar-refractivity contribution in [2.24, 2.45) is 0 Å². The Morgan fingerprint density at radius 2 is 1.96 bits per heavy atom. The predicted molar refractivity (Wildman–Crippen MR) is 89.8 cm³/mol. The topological polar surface area (TPSA) is 56.2 Å². The van der Waals surface area contributed by atoms with Crippen molar-refractivity contribution in [3.63, 3.8) is 0 Å². The van der Waals surface area contributed by atoms with Gasteiger partial charge in [-0.05, 0) is 43.5 Å². The minimum absolute atomic E-state index is 0.730. The van der Waals surface area contributed by atoms with Gasteiger partial charge in [-0.3, -0.25) is 0 Å². The van der Waals surface area contributed by atoms with Crippen LogP contribution in [0.3, 0.4) is 0 Å². The molecule has 4 aromatic rings. The molecule has 0 aliphatic heterocycles. The van der Waals surface area contributed by atoms with Gasteiger partial charge in [0.25, 0.3) is 0 Å². The SMILES string of the molecule is Cc1ccc(Cc2nn3c(-c4ccoc4C)nnc3s2)cc1C. The summed E-state index contributed by atoms with van der Waals surface area (Å²) in [5.74, 6) is 1.55. The molecule has 0 spiro atoms. The lowest BCUT2D eigenvalue weighted by Crippen LogP contribution is -1.94. The van der Waals surface area contributed by atoms with Gasteiger partial charge in [0.05, 0.1) is 11.8 Å². The van der Waals surface area contributed by atoms with E-state index >= 15 is 0 Å². The highest BCUT2D eigenvalue weighted by Gasteiger charge is 2.16. The molecule has 0 radical (unpaired) electrons. The highest BCUT2D eigenvalue weighted by molar-refractivity contribution is 7.16. The van der Waals surface area contributed by atoms with Gasteiger partial charge in [-0.1, -0.05) is 29.5 Å². The minimum atomic E-state index is 0.730. The molecular weight excluding hydrogens is 308 g/mol. The Bertz CT molecular complexity index is 995. The second-order valence-electron chi connectivity index (χ2n) is 5.70. The van der Waals surface area contributed by atoms with Crippen molar-refractivity contribution in [1.82, 2.24) is 19.8 Å². The largest absolute Gasteiger partial charge is 0.469 e. The second kappa shape index (κ2) is 5.31. The third-order valence-electron chi connectivity index (χ3n) is 4.06. The van der Waals surface area contributed by atoms with E-state index in [0.29, 0.717) is 0 Å². The van der Waals surface area contributed by atoms with E-state index in [0.717, 1.165) is 33.5 Å². The maximum Gasteiger partial charge on any atom is 0.234 e. The van der Waals surface area contributed by atoms with Crippen LogP contribution in [0.1, 0.15) is 27.5 Å². The van der Waals surface area contributed by atoms with Crippen molar-refractivity contribution in [2.45, 2.75) is 27.2 Å². The zero-order valence-electron chi connectivity index (χ0n) is 13.2. The lowest BCUT2D eigenvalue weighted by atomic mass is 10.0. The summed E-state index contributed by atoms with van der Waals surface area (Å²) in [6.07, 6.45) is 2.47. The Kier molecular flexibility index (Phi) is 3.27. The monoisotopic (exact) mass is 324 g/mol. The van der Waals surface area contributed by atoms with Gasteiger partial charge >= 0.3 is 0 Å². The van der Waals surface area contributed by atoms with E-state index in [1.807, 2.05) is 13.0 Å². The number of hydrogen-bond donors (Lipinski definition) is 0. The smallest absolute Gasteiger partial charge is 0.234 e. The molecule has 0 aliphatic rings. The molecule has 3 heterocycles. The number of rotatable bonds is 3. The van der Waals surface area contributed by atoms with E-state index in [1.165, 1.54) is 16.7 Å². The second-order valence-corrected chi connectivity index (χ2v) is 6.74. The Hall–Kier alpha value is -2.47. The number of fused-ring (bicyclic) bond motifs is 1. The van der Waals surface area contributed by atoms with Crippen LogP contribution >= 0.6 is 11.3 Å². The number of aromatic nitrogens is 4. The summed E-state index contributed by atoms with van der Waals surface area (Å²) < 4.78 is 7.16. The first-order valence-electron chi connectivity index (χ1n) is 7.43. The van der Waals surface area contributed by atoms with Crippen LogP contribution in [-0.2, 0) is 6.42 Å². The molecule has 0 N–H and O–H groups in total. The van der Waals surface area contributed by atoms with Crippen molar-refractivity contribution < 1.29 is 4.42 Å². The van der Waals surface area contributed by atoms with Crippen LogP contribution in [0.25, 0.3) is 16.3 Å². The van der Waals surface area contributed by atoms with Crippen LogP contribution in [0.5, 0.6) is 0 Å². The summed E-state index contributed by atoms with van der Waals surface area (Å²) in [6.45, 7) is 6.18. The van der Waals surface area contributed by atoms with E-state index < -0.39 is 0 Å². The molecule has 0 saturated heterocycles. The van der Waals surface area contributed by atoms with E-state index in [4.69, 9.17) is 4.42 Å². The van der Waals surface area contributed by atoms with E-state index in [9.17, 15) is 0 Å². The van der Waals surface area contributed by atoms with Gasteiger partial charge < -0.3 is 4.42 Å². The van der Waals surface area contributed by atoms with Crippen molar-refractivity contribution >= 4 is 16.3 Å². The third kappa shape index (κ3) is 2.45. The van der Waals surface area contributed by atoms with Gasteiger partial charge in [0.1, 0.15) is 10.8 Å². The fraction of sp³-hybridized carbons (Fsp3) is 0.235. The summed E-state index contributed by atoms with van der Waals surface area (Å²) in [7, 11) is 0. The molecule has 0 amide bonds. The quantitative estimate of drug-likeness (QED) is 0.572. The Balaban J connectivity index is 1.71. The lowest BCUT2D eigenvalue weighted by Gasteiger charge is -2.03. The average molecular weight is 324 g/mol. The van der Waals surface area contributed by atoms with Crippen molar-refractivity contribution in [3.05, 3.63) is 58.0 Å². The molecular formula is C17H16N4OS. The maximum atomic E-state index is 5.36. The summed E-state index contributed by atoms with van der Waals surface area (Å²) in [5.41, 5.74) is 4.81. The number of aryl methyl sites for hydroxylation is 3. The lowest BCUT2D eigenvalue weighted by molar-refractivity contribution is 0.535. The number of benzene rings is 1. The Morgan fingerprint density at radius 1 is 1.09 bits per heavy atom. The summed E-state index contributed by atoms with van der Waals surface area (Å²) in [6, 6.07) is 8.43. The Labute approximate surface area is 137 Å². The maximum absolute atomic E-state index is 5.36. The molecule has 0 aliphatic carbocycles. The Morgan fingerprint density at radius 3 is 2.70 bits per heavy atom.